The fourth-order valence-corrected chi connectivity index (χ4v) is 3.67. The Morgan fingerprint density at radius 3 is 1.79 bits per heavy atom. The van der Waals surface area contributed by atoms with Crippen molar-refractivity contribution in [2.24, 2.45) is 0 Å². The van der Waals surface area contributed by atoms with Gasteiger partial charge in [-0.3, -0.25) is 0 Å². The molecule has 0 radical (unpaired) electrons. The van der Waals surface area contributed by atoms with Crippen LogP contribution < -0.4 is 21.4 Å². The zero-order valence-corrected chi connectivity index (χ0v) is 15.4. The number of hydrogen-bond donors (Lipinski definition) is 5. The number of H-pyrrole nitrogens is 4. The van der Waals surface area contributed by atoms with Crippen molar-refractivity contribution in [3.8, 4) is 0 Å². The Kier molecular flexibility index (Phi) is 4.14. The van der Waals surface area contributed by atoms with Crippen LogP contribution in [-0.2, 0) is 6.42 Å². The van der Waals surface area contributed by atoms with E-state index in [4.69, 9.17) is 0 Å². The molecule has 0 fully saturated rings. The van der Waals surface area contributed by atoms with E-state index in [2.05, 4.69) is 86.7 Å². The summed E-state index contributed by atoms with van der Waals surface area (Å²) in [6, 6.07) is 14.6. The van der Waals surface area contributed by atoms with Crippen LogP contribution in [0.5, 0.6) is 0 Å². The SMILES string of the molecule is OCCCc1cc2[nH]c1=Cc1ccc([nH]1)C=c1ccc([nH]1)=Cc1ccc([nH]1)C=2. The van der Waals surface area contributed by atoms with Crippen LogP contribution in [0.4, 0.5) is 0 Å². The van der Waals surface area contributed by atoms with E-state index in [0.29, 0.717) is 0 Å². The molecule has 0 saturated carbocycles. The van der Waals surface area contributed by atoms with Gasteiger partial charge in [0.25, 0.3) is 0 Å². The van der Waals surface area contributed by atoms with Crippen molar-refractivity contribution >= 4 is 24.3 Å². The summed E-state index contributed by atoms with van der Waals surface area (Å²) in [4.78, 5) is 13.8. The number of aryl methyl sites for hydroxylation is 1. The highest BCUT2D eigenvalue weighted by molar-refractivity contribution is 5.55. The monoisotopic (exact) mass is 370 g/mol. The summed E-state index contributed by atoms with van der Waals surface area (Å²) in [5, 5.41) is 13.5. The first-order valence-electron chi connectivity index (χ1n) is 9.54. The normalized spacial score (nSPS) is 12.6. The van der Waals surface area contributed by atoms with Gasteiger partial charge in [-0.25, -0.2) is 0 Å². The molecule has 5 N–H and O–H groups in total. The Balaban J connectivity index is 1.74. The Labute approximate surface area is 161 Å². The van der Waals surface area contributed by atoms with Crippen LogP contribution in [0.25, 0.3) is 24.3 Å². The number of fused-ring (bicyclic) bond motifs is 8. The highest BCUT2D eigenvalue weighted by Gasteiger charge is 2.02. The van der Waals surface area contributed by atoms with Gasteiger partial charge < -0.3 is 25.0 Å². The van der Waals surface area contributed by atoms with E-state index in [1.807, 2.05) is 0 Å². The number of aromatic amines is 4. The summed E-state index contributed by atoms with van der Waals surface area (Å²) in [5.41, 5.74) is 5.38. The van der Waals surface area contributed by atoms with Gasteiger partial charge in [-0.2, -0.15) is 0 Å². The molecular formula is C23H22N4O. The smallest absolute Gasteiger partial charge is 0.0438 e. The number of aliphatic hydroxyl groups is 1. The minimum atomic E-state index is 0.194. The minimum Gasteiger partial charge on any atom is -0.396 e. The second-order valence-corrected chi connectivity index (χ2v) is 7.18. The number of nitrogens with one attached hydrogen (secondary N) is 4. The molecule has 0 atom stereocenters. The maximum Gasteiger partial charge on any atom is 0.0438 e. The van der Waals surface area contributed by atoms with Crippen LogP contribution in [0.3, 0.4) is 0 Å². The van der Waals surface area contributed by atoms with Crippen molar-refractivity contribution in [2.45, 2.75) is 12.8 Å². The third kappa shape index (κ3) is 3.40. The van der Waals surface area contributed by atoms with Crippen molar-refractivity contribution < 1.29 is 5.11 Å². The molecule has 4 aromatic heterocycles. The molecule has 0 aromatic carbocycles. The van der Waals surface area contributed by atoms with Gasteiger partial charge in [0.15, 0.2) is 0 Å². The first-order valence-corrected chi connectivity index (χ1v) is 9.54. The van der Waals surface area contributed by atoms with E-state index in [0.717, 1.165) is 57.0 Å². The second kappa shape index (κ2) is 6.94. The average Bonchev–Trinajstić information content (AvgIpc) is 3.45. The van der Waals surface area contributed by atoms with E-state index < -0.39 is 0 Å². The molecule has 5 heterocycles. The van der Waals surface area contributed by atoms with E-state index in [1.54, 1.807) is 0 Å². The Morgan fingerprint density at radius 2 is 1.18 bits per heavy atom. The molecule has 0 amide bonds. The fraction of sp³-hybridized carbons (Fsp3) is 0.130. The molecule has 4 aromatic rings. The van der Waals surface area contributed by atoms with Crippen molar-refractivity contribution in [3.63, 3.8) is 0 Å². The molecular weight excluding hydrogens is 348 g/mol. The summed E-state index contributed by atoms with van der Waals surface area (Å²) in [6.45, 7) is 0.194. The third-order valence-electron chi connectivity index (χ3n) is 4.99. The number of aliphatic hydroxyl groups excluding tert-OH is 1. The van der Waals surface area contributed by atoms with Gasteiger partial charge in [0.1, 0.15) is 0 Å². The molecule has 0 unspecified atom stereocenters. The predicted octanol–water partition coefficient (Wildman–Crippen LogP) is 0.552. The molecule has 5 nitrogen and oxygen atoms in total. The molecule has 8 bridgehead atoms. The highest BCUT2D eigenvalue weighted by Crippen LogP contribution is 2.06. The molecule has 1 aliphatic heterocycles. The standard InChI is InChI=1S/C23H22N4O/c28-9-1-2-15-10-22-13-20-6-5-18(25-20)11-16-3-4-17(24-16)12-19-7-8-21(26-19)14-23(15)27-22/h3-8,10-14,24-28H,1-2,9H2. The summed E-state index contributed by atoms with van der Waals surface area (Å²) in [6.07, 6.45) is 10.0. The highest BCUT2D eigenvalue weighted by atomic mass is 16.2. The van der Waals surface area contributed by atoms with Crippen LogP contribution in [-0.4, -0.2) is 31.6 Å². The van der Waals surface area contributed by atoms with E-state index in [1.165, 1.54) is 5.56 Å². The van der Waals surface area contributed by atoms with Crippen LogP contribution in [0, 0.1) is 0 Å². The van der Waals surface area contributed by atoms with Gasteiger partial charge in [0, 0.05) is 50.8 Å². The minimum absolute atomic E-state index is 0.194. The van der Waals surface area contributed by atoms with Crippen LogP contribution in [0.1, 0.15) is 34.8 Å². The van der Waals surface area contributed by atoms with Gasteiger partial charge in [-0.15, -0.1) is 0 Å². The lowest BCUT2D eigenvalue weighted by atomic mass is 10.1. The molecule has 0 aliphatic carbocycles. The lowest BCUT2D eigenvalue weighted by molar-refractivity contribution is 0.288. The topological polar surface area (TPSA) is 83.4 Å². The van der Waals surface area contributed by atoms with Gasteiger partial charge >= 0.3 is 0 Å². The van der Waals surface area contributed by atoms with Crippen LogP contribution >= 0.6 is 0 Å². The summed E-state index contributed by atoms with van der Waals surface area (Å²) in [5.74, 6) is 0. The predicted molar refractivity (Wildman–Crippen MR) is 111 cm³/mol. The van der Waals surface area contributed by atoms with Crippen molar-refractivity contribution in [1.82, 2.24) is 19.9 Å². The Hall–Kier alpha value is -3.44. The van der Waals surface area contributed by atoms with Crippen molar-refractivity contribution in [1.29, 1.82) is 0 Å². The van der Waals surface area contributed by atoms with Crippen LogP contribution in [0.15, 0.2) is 42.5 Å². The van der Waals surface area contributed by atoms with E-state index in [-0.39, 0.29) is 6.61 Å². The maximum atomic E-state index is 9.24. The lowest BCUT2D eigenvalue weighted by Gasteiger charge is -1.94. The molecule has 0 spiro atoms. The first-order chi connectivity index (χ1) is 13.7. The Morgan fingerprint density at radius 1 is 0.607 bits per heavy atom. The first kappa shape index (κ1) is 16.7. The quantitative estimate of drug-likeness (QED) is 0.316. The second-order valence-electron chi connectivity index (χ2n) is 7.18. The molecule has 0 saturated heterocycles. The number of rotatable bonds is 3. The van der Waals surface area contributed by atoms with Gasteiger partial charge in [0.05, 0.1) is 0 Å². The Bertz CT molecular complexity index is 1360. The zero-order chi connectivity index (χ0) is 18.9. The van der Waals surface area contributed by atoms with Gasteiger partial charge in [0.2, 0.25) is 0 Å². The van der Waals surface area contributed by atoms with E-state index >= 15 is 0 Å². The van der Waals surface area contributed by atoms with Gasteiger partial charge in [-0.05, 0) is 85.2 Å². The van der Waals surface area contributed by atoms with E-state index in [9.17, 15) is 5.11 Å². The molecule has 5 rings (SSSR count). The molecule has 1 aliphatic rings. The summed E-state index contributed by atoms with van der Waals surface area (Å²) < 4.78 is 0. The number of hydrogen-bond acceptors (Lipinski definition) is 1. The third-order valence-corrected chi connectivity index (χ3v) is 4.99. The van der Waals surface area contributed by atoms with Crippen molar-refractivity contribution in [3.05, 3.63) is 92.2 Å². The fourth-order valence-electron chi connectivity index (χ4n) is 3.67. The van der Waals surface area contributed by atoms with Crippen molar-refractivity contribution in [2.75, 3.05) is 6.61 Å². The zero-order valence-electron chi connectivity index (χ0n) is 15.4. The molecule has 5 heteroatoms. The summed E-state index contributed by atoms with van der Waals surface area (Å²) >= 11 is 0. The summed E-state index contributed by atoms with van der Waals surface area (Å²) in [7, 11) is 0. The van der Waals surface area contributed by atoms with Crippen LogP contribution in [0.2, 0.25) is 0 Å². The number of aromatic nitrogens is 4. The molecule has 28 heavy (non-hydrogen) atoms. The lowest BCUT2D eigenvalue weighted by Crippen LogP contribution is -2.12. The molecule has 140 valence electrons. The largest absolute Gasteiger partial charge is 0.396 e. The average molecular weight is 370 g/mol. The maximum absolute atomic E-state index is 9.24. The van der Waals surface area contributed by atoms with Gasteiger partial charge in [-0.1, -0.05) is 0 Å².